The van der Waals surface area contributed by atoms with Crippen molar-refractivity contribution in [2.45, 2.75) is 24.2 Å². The summed E-state index contributed by atoms with van der Waals surface area (Å²) < 4.78 is 10.6. The van der Waals surface area contributed by atoms with Crippen molar-refractivity contribution >= 4 is 23.1 Å². The SMILES string of the molecule is O=[N+]([O-])c1ccc(N2CCCCC2)cc1SCCOc1nonc1-c1ccccc1. The minimum absolute atomic E-state index is 0.119. The molecule has 0 unspecified atom stereocenters. The predicted molar refractivity (Wildman–Crippen MR) is 115 cm³/mol. The average Bonchev–Trinajstić information content (AvgIpc) is 3.26. The summed E-state index contributed by atoms with van der Waals surface area (Å²) in [6.07, 6.45) is 3.55. The third-order valence-corrected chi connectivity index (χ3v) is 5.96. The Morgan fingerprint density at radius 1 is 1.10 bits per heavy atom. The molecule has 1 aliphatic heterocycles. The highest BCUT2D eigenvalue weighted by atomic mass is 32.2. The topological polar surface area (TPSA) is 94.5 Å². The fourth-order valence-corrected chi connectivity index (χ4v) is 4.34. The Balaban J connectivity index is 1.40. The number of nitro groups is 1. The number of piperidine rings is 1. The lowest BCUT2D eigenvalue weighted by Gasteiger charge is -2.29. The van der Waals surface area contributed by atoms with Crippen molar-refractivity contribution in [1.82, 2.24) is 10.3 Å². The molecule has 0 spiro atoms. The van der Waals surface area contributed by atoms with Crippen LogP contribution in [-0.2, 0) is 0 Å². The molecule has 0 saturated carbocycles. The largest absolute Gasteiger partial charge is 0.473 e. The van der Waals surface area contributed by atoms with E-state index in [9.17, 15) is 10.1 Å². The van der Waals surface area contributed by atoms with E-state index in [4.69, 9.17) is 9.37 Å². The Hall–Kier alpha value is -3.07. The van der Waals surface area contributed by atoms with Crippen molar-refractivity contribution in [1.29, 1.82) is 0 Å². The van der Waals surface area contributed by atoms with Gasteiger partial charge in [0.05, 0.1) is 16.4 Å². The number of nitro benzene ring substituents is 1. The van der Waals surface area contributed by atoms with Crippen molar-refractivity contribution in [2.24, 2.45) is 0 Å². The van der Waals surface area contributed by atoms with Gasteiger partial charge in [-0.05, 0) is 41.7 Å². The van der Waals surface area contributed by atoms with Crippen LogP contribution in [0.5, 0.6) is 5.88 Å². The fraction of sp³-hybridized carbons (Fsp3) is 0.333. The Labute approximate surface area is 178 Å². The van der Waals surface area contributed by atoms with Gasteiger partial charge in [0.25, 0.3) is 11.6 Å². The molecular weight excluding hydrogens is 404 g/mol. The van der Waals surface area contributed by atoms with E-state index in [2.05, 4.69) is 15.2 Å². The molecule has 1 aliphatic rings. The highest BCUT2D eigenvalue weighted by Gasteiger charge is 2.19. The maximum atomic E-state index is 11.4. The smallest absolute Gasteiger partial charge is 0.283 e. The number of benzene rings is 2. The summed E-state index contributed by atoms with van der Waals surface area (Å²) in [5.74, 6) is 0.851. The second-order valence-corrected chi connectivity index (χ2v) is 8.07. The number of ether oxygens (including phenoxy) is 1. The molecule has 0 radical (unpaired) electrons. The van der Waals surface area contributed by atoms with Gasteiger partial charge in [0.15, 0.2) is 5.69 Å². The molecule has 0 atom stereocenters. The van der Waals surface area contributed by atoms with Crippen LogP contribution in [0.25, 0.3) is 11.3 Å². The van der Waals surface area contributed by atoms with Crippen molar-refractivity contribution in [3.8, 4) is 17.1 Å². The van der Waals surface area contributed by atoms with E-state index < -0.39 is 0 Å². The van der Waals surface area contributed by atoms with E-state index in [0.717, 1.165) is 37.2 Å². The molecule has 0 amide bonds. The molecule has 0 N–H and O–H groups in total. The van der Waals surface area contributed by atoms with Crippen molar-refractivity contribution in [3.63, 3.8) is 0 Å². The van der Waals surface area contributed by atoms with Crippen LogP contribution in [-0.4, -0.2) is 40.7 Å². The van der Waals surface area contributed by atoms with Gasteiger partial charge in [-0.3, -0.25) is 10.1 Å². The minimum Gasteiger partial charge on any atom is -0.473 e. The molecule has 3 aromatic rings. The van der Waals surface area contributed by atoms with E-state index in [1.807, 2.05) is 42.5 Å². The Morgan fingerprint density at radius 2 is 1.90 bits per heavy atom. The van der Waals surface area contributed by atoms with Crippen LogP contribution in [0.15, 0.2) is 58.1 Å². The zero-order valence-electron chi connectivity index (χ0n) is 16.4. The first-order chi connectivity index (χ1) is 14.7. The fourth-order valence-electron chi connectivity index (χ4n) is 3.46. The molecule has 2 aromatic carbocycles. The van der Waals surface area contributed by atoms with Crippen molar-refractivity contribution in [3.05, 3.63) is 58.6 Å². The second-order valence-electron chi connectivity index (χ2n) is 6.94. The van der Waals surface area contributed by atoms with Crippen molar-refractivity contribution < 1.29 is 14.3 Å². The van der Waals surface area contributed by atoms with Gasteiger partial charge in [-0.1, -0.05) is 30.3 Å². The van der Waals surface area contributed by atoms with E-state index in [1.165, 1.54) is 18.2 Å². The first-order valence-electron chi connectivity index (χ1n) is 9.89. The standard InChI is InChI=1S/C21H22N4O4S/c26-25(27)18-10-9-17(24-11-5-2-6-12-24)15-19(18)30-14-13-28-21-20(22-29-23-21)16-7-3-1-4-8-16/h1,3-4,7-10,15H,2,5-6,11-14H2. The zero-order chi connectivity index (χ0) is 20.8. The molecular formula is C21H22N4O4S. The maximum absolute atomic E-state index is 11.4. The average molecular weight is 426 g/mol. The molecule has 4 rings (SSSR count). The molecule has 0 bridgehead atoms. The predicted octanol–water partition coefficient (Wildman–Crippen LogP) is 4.81. The maximum Gasteiger partial charge on any atom is 0.283 e. The summed E-state index contributed by atoms with van der Waals surface area (Å²) in [7, 11) is 0. The van der Waals surface area contributed by atoms with Crippen LogP contribution in [0.3, 0.4) is 0 Å². The molecule has 1 saturated heterocycles. The molecule has 1 aromatic heterocycles. The molecule has 2 heterocycles. The summed E-state index contributed by atoms with van der Waals surface area (Å²) in [5, 5.41) is 19.2. The number of anilines is 1. The van der Waals surface area contributed by atoms with Crippen molar-refractivity contribution in [2.75, 3.05) is 30.3 Å². The van der Waals surface area contributed by atoms with Gasteiger partial charge >= 0.3 is 0 Å². The molecule has 9 heteroatoms. The van der Waals surface area contributed by atoms with Gasteiger partial charge in [-0.25, -0.2) is 4.63 Å². The molecule has 156 valence electrons. The Kier molecular flexibility index (Phi) is 6.48. The van der Waals surface area contributed by atoms with Crippen LogP contribution in [0.2, 0.25) is 0 Å². The highest BCUT2D eigenvalue weighted by molar-refractivity contribution is 7.99. The lowest BCUT2D eigenvalue weighted by molar-refractivity contribution is -0.387. The van der Waals surface area contributed by atoms with Gasteiger partial charge < -0.3 is 9.64 Å². The minimum atomic E-state index is -0.335. The first-order valence-corrected chi connectivity index (χ1v) is 10.9. The van der Waals surface area contributed by atoms with E-state index in [0.29, 0.717) is 28.8 Å². The summed E-state index contributed by atoms with van der Waals surface area (Å²) >= 11 is 1.40. The van der Waals surface area contributed by atoms with Crippen LogP contribution in [0, 0.1) is 10.1 Å². The number of aromatic nitrogens is 2. The lowest BCUT2D eigenvalue weighted by Crippen LogP contribution is -2.29. The third kappa shape index (κ3) is 4.73. The van der Waals surface area contributed by atoms with Gasteiger partial charge in [0.1, 0.15) is 0 Å². The Morgan fingerprint density at radius 3 is 2.67 bits per heavy atom. The summed E-state index contributed by atoms with van der Waals surface area (Å²) in [6.45, 7) is 2.31. The van der Waals surface area contributed by atoms with Crippen LogP contribution in [0.4, 0.5) is 11.4 Å². The Bertz CT molecular complexity index is 990. The zero-order valence-corrected chi connectivity index (χ0v) is 17.2. The van der Waals surface area contributed by atoms with Gasteiger partial charge in [0.2, 0.25) is 0 Å². The quantitative estimate of drug-likeness (QED) is 0.219. The van der Waals surface area contributed by atoms with Crippen LogP contribution < -0.4 is 9.64 Å². The molecule has 1 fully saturated rings. The molecule has 8 nitrogen and oxygen atoms in total. The number of hydrogen-bond donors (Lipinski definition) is 0. The molecule has 30 heavy (non-hydrogen) atoms. The summed E-state index contributed by atoms with van der Waals surface area (Å²) in [5.41, 5.74) is 2.55. The van der Waals surface area contributed by atoms with Gasteiger partial charge in [0, 0.05) is 36.2 Å². The monoisotopic (exact) mass is 426 g/mol. The first kappa shape index (κ1) is 20.2. The summed E-state index contributed by atoms with van der Waals surface area (Å²) in [6, 6.07) is 14.9. The third-order valence-electron chi connectivity index (χ3n) is 4.95. The second kappa shape index (κ2) is 9.62. The number of hydrogen-bond acceptors (Lipinski definition) is 8. The van der Waals surface area contributed by atoms with Gasteiger partial charge in [-0.15, -0.1) is 11.8 Å². The van der Waals surface area contributed by atoms with Crippen LogP contribution >= 0.6 is 11.8 Å². The normalized spacial score (nSPS) is 13.9. The number of thioether (sulfide) groups is 1. The van der Waals surface area contributed by atoms with Crippen LogP contribution in [0.1, 0.15) is 19.3 Å². The summed E-state index contributed by atoms with van der Waals surface area (Å²) in [4.78, 5) is 14.1. The number of nitrogens with zero attached hydrogens (tertiary/aromatic N) is 4. The van der Waals surface area contributed by atoms with E-state index >= 15 is 0 Å². The molecule has 0 aliphatic carbocycles. The number of rotatable bonds is 8. The van der Waals surface area contributed by atoms with Gasteiger partial charge in [-0.2, -0.15) is 0 Å². The van der Waals surface area contributed by atoms with E-state index in [1.54, 1.807) is 6.07 Å². The van der Waals surface area contributed by atoms with E-state index in [-0.39, 0.29) is 10.6 Å². The highest BCUT2D eigenvalue weighted by Crippen LogP contribution is 2.34. The lowest BCUT2D eigenvalue weighted by atomic mass is 10.1.